The Morgan fingerprint density at radius 1 is 1.16 bits per heavy atom. The minimum absolute atomic E-state index is 0.551. The van der Waals surface area contributed by atoms with Crippen LogP contribution in [-0.2, 0) is 0 Å². The number of rotatable bonds is 3. The second-order valence-electron chi connectivity index (χ2n) is 5.50. The largest absolute Gasteiger partial charge is 0.361 e. The normalized spacial score (nSPS) is 11.6. The summed E-state index contributed by atoms with van der Waals surface area (Å²) < 4.78 is 0. The molecule has 2 heterocycles. The maximum atomic E-state index is 9.59. The lowest BCUT2D eigenvalue weighted by molar-refractivity contribution is 1.37. The summed E-state index contributed by atoms with van der Waals surface area (Å²) >= 11 is 7.39. The molecule has 2 aromatic heterocycles. The molecule has 0 unspecified atom stereocenters. The summed E-state index contributed by atoms with van der Waals surface area (Å²) in [6, 6.07) is 17.8. The van der Waals surface area contributed by atoms with Gasteiger partial charge in [-0.15, -0.1) is 11.3 Å². The number of H-pyrrole nitrogens is 1. The monoisotopic (exact) mass is 361 g/mol. The quantitative estimate of drug-likeness (QED) is 0.454. The smallest absolute Gasteiger partial charge is 0.134 e. The van der Waals surface area contributed by atoms with Crippen molar-refractivity contribution in [1.82, 2.24) is 9.97 Å². The van der Waals surface area contributed by atoms with E-state index in [1.165, 1.54) is 11.3 Å². The Kier molecular flexibility index (Phi) is 4.10. The molecule has 25 heavy (non-hydrogen) atoms. The van der Waals surface area contributed by atoms with E-state index in [1.807, 2.05) is 66.2 Å². The minimum atomic E-state index is 0.551. The molecule has 1 N–H and O–H groups in total. The molecule has 2 aromatic carbocycles. The molecular formula is C20H12ClN3S. The van der Waals surface area contributed by atoms with Crippen molar-refractivity contribution in [3.05, 3.63) is 75.7 Å². The van der Waals surface area contributed by atoms with E-state index in [-0.39, 0.29) is 0 Å². The Hall–Kier alpha value is -2.87. The number of fused-ring (bicyclic) bond motifs is 1. The number of hydrogen-bond acceptors (Lipinski definition) is 3. The van der Waals surface area contributed by atoms with Crippen molar-refractivity contribution < 1.29 is 0 Å². The van der Waals surface area contributed by atoms with Crippen LogP contribution in [0.5, 0.6) is 0 Å². The Morgan fingerprint density at radius 3 is 2.76 bits per heavy atom. The van der Waals surface area contributed by atoms with Crippen LogP contribution in [0.2, 0.25) is 5.02 Å². The van der Waals surface area contributed by atoms with Crippen LogP contribution in [0.1, 0.15) is 10.6 Å². The van der Waals surface area contributed by atoms with Gasteiger partial charge in [-0.3, -0.25) is 0 Å². The summed E-state index contributed by atoms with van der Waals surface area (Å²) in [6.07, 6.45) is 3.79. The first kappa shape index (κ1) is 15.6. The Labute approximate surface area is 153 Å². The fourth-order valence-electron chi connectivity index (χ4n) is 2.66. The van der Waals surface area contributed by atoms with Crippen molar-refractivity contribution in [1.29, 1.82) is 5.26 Å². The number of aromatic nitrogens is 2. The third-order valence-corrected chi connectivity index (χ3v) is 5.04. The van der Waals surface area contributed by atoms with Crippen molar-refractivity contribution >= 4 is 45.5 Å². The Bertz CT molecular complexity index is 1110. The molecule has 0 aliphatic heterocycles. The first-order valence-electron chi connectivity index (χ1n) is 7.64. The second-order valence-corrected chi connectivity index (χ2v) is 6.80. The van der Waals surface area contributed by atoms with E-state index in [0.29, 0.717) is 15.6 Å². The summed E-state index contributed by atoms with van der Waals surface area (Å²) in [5.41, 5.74) is 4.41. The maximum Gasteiger partial charge on any atom is 0.134 e. The van der Waals surface area contributed by atoms with Gasteiger partial charge in [-0.2, -0.15) is 5.26 Å². The molecule has 3 nitrogen and oxygen atoms in total. The van der Waals surface area contributed by atoms with Crippen molar-refractivity contribution in [3.63, 3.8) is 0 Å². The Morgan fingerprint density at radius 2 is 1.96 bits per heavy atom. The van der Waals surface area contributed by atoms with Crippen LogP contribution in [0.4, 0.5) is 0 Å². The molecule has 0 fully saturated rings. The van der Waals surface area contributed by atoms with Crippen molar-refractivity contribution in [2.45, 2.75) is 0 Å². The van der Waals surface area contributed by atoms with E-state index < -0.39 is 0 Å². The van der Waals surface area contributed by atoms with Crippen molar-refractivity contribution in [2.75, 3.05) is 0 Å². The number of allylic oxidation sites excluding steroid dienone is 1. The zero-order chi connectivity index (χ0) is 17.2. The first-order chi connectivity index (χ1) is 12.2. The number of thiazole rings is 1. The summed E-state index contributed by atoms with van der Waals surface area (Å²) in [4.78, 5) is 7.84. The zero-order valence-electron chi connectivity index (χ0n) is 13.0. The molecule has 120 valence electrons. The summed E-state index contributed by atoms with van der Waals surface area (Å²) in [5.74, 6) is 0. The van der Waals surface area contributed by atoms with Gasteiger partial charge >= 0.3 is 0 Å². The average molecular weight is 362 g/mol. The molecule has 0 aliphatic carbocycles. The fraction of sp³-hybridized carbons (Fsp3) is 0. The number of nitrogens with zero attached hydrogens (tertiary/aromatic N) is 2. The highest BCUT2D eigenvalue weighted by Gasteiger charge is 2.10. The van der Waals surface area contributed by atoms with Crippen LogP contribution in [0.15, 0.2) is 60.1 Å². The van der Waals surface area contributed by atoms with Gasteiger partial charge in [0.1, 0.15) is 11.1 Å². The van der Waals surface area contributed by atoms with Gasteiger partial charge in [0.2, 0.25) is 0 Å². The number of nitriles is 1. The van der Waals surface area contributed by atoms with Crippen LogP contribution in [0.25, 0.3) is 33.8 Å². The van der Waals surface area contributed by atoms with E-state index in [9.17, 15) is 5.26 Å². The van der Waals surface area contributed by atoms with Crippen molar-refractivity contribution in [3.8, 4) is 17.3 Å². The highest BCUT2D eigenvalue weighted by atomic mass is 35.5. The molecule has 0 spiro atoms. The standard InChI is InChI=1S/C20H12ClN3S/c21-16-7-5-13(6-8-16)19-12-25-20(24-19)14(10-22)9-15-11-23-18-4-2-1-3-17(15)18/h1-9,11-12,23H/b14-9-. The highest BCUT2D eigenvalue weighted by Crippen LogP contribution is 2.29. The first-order valence-corrected chi connectivity index (χ1v) is 8.90. The van der Waals surface area contributed by atoms with E-state index in [4.69, 9.17) is 11.6 Å². The van der Waals surface area contributed by atoms with Gasteiger partial charge in [-0.1, -0.05) is 41.9 Å². The molecule has 0 radical (unpaired) electrons. The molecule has 0 bridgehead atoms. The average Bonchev–Trinajstić information content (AvgIpc) is 3.28. The lowest BCUT2D eigenvalue weighted by Crippen LogP contribution is -1.82. The lowest BCUT2D eigenvalue weighted by atomic mass is 10.1. The summed E-state index contributed by atoms with van der Waals surface area (Å²) in [5, 5.41) is 14.0. The van der Waals surface area contributed by atoms with E-state index >= 15 is 0 Å². The van der Waals surface area contributed by atoms with Crippen molar-refractivity contribution in [2.24, 2.45) is 0 Å². The molecule has 5 heteroatoms. The number of hydrogen-bond donors (Lipinski definition) is 1. The van der Waals surface area contributed by atoms with Gasteiger partial charge in [0.05, 0.1) is 11.3 Å². The molecular weight excluding hydrogens is 350 g/mol. The summed E-state index contributed by atoms with van der Waals surface area (Å²) in [6.45, 7) is 0. The van der Waals surface area contributed by atoms with E-state index in [0.717, 1.165) is 27.7 Å². The molecule has 4 aromatic rings. The van der Waals surface area contributed by atoms with Gasteiger partial charge in [0.25, 0.3) is 0 Å². The van der Waals surface area contributed by atoms with Crippen LogP contribution in [-0.4, -0.2) is 9.97 Å². The minimum Gasteiger partial charge on any atom is -0.361 e. The maximum absolute atomic E-state index is 9.59. The number of para-hydroxylation sites is 1. The number of halogens is 1. The molecule has 4 rings (SSSR count). The van der Waals surface area contributed by atoms with Crippen LogP contribution in [0, 0.1) is 11.3 Å². The predicted octanol–water partition coefficient (Wildman–Crippen LogP) is 6.01. The molecule has 0 saturated heterocycles. The van der Waals surface area contributed by atoms with Crippen LogP contribution in [0.3, 0.4) is 0 Å². The lowest BCUT2D eigenvalue weighted by Gasteiger charge is -1.97. The molecule has 0 aliphatic rings. The molecule has 0 amide bonds. The van der Waals surface area contributed by atoms with Crippen LogP contribution < -0.4 is 0 Å². The number of aromatic amines is 1. The topological polar surface area (TPSA) is 52.5 Å². The highest BCUT2D eigenvalue weighted by molar-refractivity contribution is 7.11. The van der Waals surface area contributed by atoms with Gasteiger partial charge in [0, 0.05) is 38.6 Å². The third-order valence-electron chi connectivity index (χ3n) is 3.92. The zero-order valence-corrected chi connectivity index (χ0v) is 14.6. The van der Waals surface area contributed by atoms with Gasteiger partial charge in [-0.05, 0) is 24.3 Å². The van der Waals surface area contributed by atoms with E-state index in [1.54, 1.807) is 0 Å². The van der Waals surface area contributed by atoms with E-state index in [2.05, 4.69) is 16.0 Å². The number of nitrogens with one attached hydrogen (secondary N) is 1. The summed E-state index contributed by atoms with van der Waals surface area (Å²) in [7, 11) is 0. The fourth-order valence-corrected chi connectivity index (χ4v) is 3.58. The van der Waals surface area contributed by atoms with Gasteiger partial charge in [-0.25, -0.2) is 4.98 Å². The number of benzene rings is 2. The molecule has 0 atom stereocenters. The van der Waals surface area contributed by atoms with Gasteiger partial charge in [0.15, 0.2) is 0 Å². The second kappa shape index (κ2) is 6.56. The SMILES string of the molecule is N#C/C(=C/c1c[nH]c2ccccc12)c1nc(-c2ccc(Cl)cc2)cs1. The van der Waals surface area contributed by atoms with Crippen LogP contribution >= 0.6 is 22.9 Å². The molecule has 0 saturated carbocycles. The van der Waals surface area contributed by atoms with Gasteiger partial charge < -0.3 is 4.98 Å². The third kappa shape index (κ3) is 3.08. The predicted molar refractivity (Wildman–Crippen MR) is 104 cm³/mol. The Balaban J connectivity index is 1.72.